The summed E-state index contributed by atoms with van der Waals surface area (Å²) in [6.45, 7) is 6.69. The molecule has 0 saturated carbocycles. The minimum atomic E-state index is 0.170. The van der Waals surface area contributed by atoms with E-state index < -0.39 is 0 Å². The van der Waals surface area contributed by atoms with Crippen LogP contribution in [0.3, 0.4) is 0 Å². The molecule has 0 bridgehead atoms. The Morgan fingerprint density at radius 1 is 1.30 bits per heavy atom. The summed E-state index contributed by atoms with van der Waals surface area (Å²) in [6.07, 6.45) is 4.44. The lowest BCUT2D eigenvalue weighted by molar-refractivity contribution is -0.0367. The molecule has 7 nitrogen and oxygen atoms in total. The van der Waals surface area contributed by atoms with Crippen molar-refractivity contribution in [2.24, 2.45) is 0 Å². The van der Waals surface area contributed by atoms with Gasteiger partial charge in [0.05, 0.1) is 32.0 Å². The molecular formula is C16H26N4O3. The standard InChI is InChI=1S/C16H26N4O3/c1-4-16(19-18-5-1)17-11-15-12-20(7-10-23-15)6-9-21-13-14-3-2-8-22-14/h1,4-5,14-15H,2-3,6-13H2,(H,17,19)/t14-,15+/m1/s1. The highest BCUT2D eigenvalue weighted by atomic mass is 16.5. The Labute approximate surface area is 137 Å². The molecule has 0 spiro atoms. The highest BCUT2D eigenvalue weighted by Crippen LogP contribution is 2.12. The largest absolute Gasteiger partial charge is 0.377 e. The maximum Gasteiger partial charge on any atom is 0.148 e. The van der Waals surface area contributed by atoms with Gasteiger partial charge in [0.25, 0.3) is 0 Å². The molecule has 23 heavy (non-hydrogen) atoms. The molecule has 1 N–H and O–H groups in total. The minimum Gasteiger partial charge on any atom is -0.377 e. The Morgan fingerprint density at radius 2 is 2.26 bits per heavy atom. The number of ether oxygens (including phenoxy) is 3. The maximum absolute atomic E-state index is 5.80. The van der Waals surface area contributed by atoms with Gasteiger partial charge in [0.2, 0.25) is 0 Å². The van der Waals surface area contributed by atoms with Gasteiger partial charge in [-0.15, -0.1) is 5.10 Å². The van der Waals surface area contributed by atoms with E-state index in [9.17, 15) is 0 Å². The predicted octanol–water partition coefficient (Wildman–Crippen LogP) is 0.785. The lowest BCUT2D eigenvalue weighted by Gasteiger charge is -2.33. The summed E-state index contributed by atoms with van der Waals surface area (Å²) in [5.74, 6) is 0.785. The van der Waals surface area contributed by atoms with Gasteiger partial charge in [-0.05, 0) is 25.0 Å². The van der Waals surface area contributed by atoms with Gasteiger partial charge in [-0.25, -0.2) is 0 Å². The molecule has 128 valence electrons. The average Bonchev–Trinajstić information content (AvgIpc) is 3.12. The number of anilines is 1. The topological polar surface area (TPSA) is 68.7 Å². The van der Waals surface area contributed by atoms with Crippen LogP contribution in [0.2, 0.25) is 0 Å². The molecule has 3 rings (SSSR count). The fourth-order valence-corrected chi connectivity index (χ4v) is 2.91. The zero-order chi connectivity index (χ0) is 15.7. The van der Waals surface area contributed by atoms with Gasteiger partial charge in [0, 0.05) is 39.0 Å². The second-order valence-electron chi connectivity index (χ2n) is 5.99. The molecule has 0 aromatic carbocycles. The van der Waals surface area contributed by atoms with Crippen LogP contribution in [0, 0.1) is 0 Å². The lowest BCUT2D eigenvalue weighted by atomic mass is 10.2. The Hall–Kier alpha value is -1.28. The van der Waals surface area contributed by atoms with Gasteiger partial charge >= 0.3 is 0 Å². The number of aromatic nitrogens is 2. The Balaban J connectivity index is 1.30. The maximum atomic E-state index is 5.80. The molecule has 0 unspecified atom stereocenters. The number of hydrogen-bond donors (Lipinski definition) is 1. The van der Waals surface area contributed by atoms with E-state index in [1.807, 2.05) is 12.1 Å². The first kappa shape index (κ1) is 16.6. The van der Waals surface area contributed by atoms with Crippen molar-refractivity contribution in [2.75, 3.05) is 57.9 Å². The second kappa shape index (κ2) is 9.12. The number of nitrogens with one attached hydrogen (secondary N) is 1. The molecule has 2 aliphatic heterocycles. The summed E-state index contributed by atoms with van der Waals surface area (Å²) in [4.78, 5) is 2.39. The van der Waals surface area contributed by atoms with E-state index in [0.717, 1.165) is 71.3 Å². The average molecular weight is 322 g/mol. The van der Waals surface area contributed by atoms with Crippen molar-refractivity contribution in [1.29, 1.82) is 0 Å². The van der Waals surface area contributed by atoms with Crippen LogP contribution >= 0.6 is 0 Å². The van der Waals surface area contributed by atoms with Gasteiger partial charge in [-0.1, -0.05) is 0 Å². The molecule has 7 heteroatoms. The van der Waals surface area contributed by atoms with Crippen LogP contribution in [-0.4, -0.2) is 79.9 Å². The fraction of sp³-hybridized carbons (Fsp3) is 0.750. The van der Waals surface area contributed by atoms with Crippen LogP contribution in [0.5, 0.6) is 0 Å². The summed E-state index contributed by atoms with van der Waals surface area (Å²) in [7, 11) is 0. The van der Waals surface area contributed by atoms with Gasteiger partial charge in [0.1, 0.15) is 5.82 Å². The summed E-state index contributed by atoms with van der Waals surface area (Å²) in [5.41, 5.74) is 0. The summed E-state index contributed by atoms with van der Waals surface area (Å²) < 4.78 is 17.1. The Morgan fingerprint density at radius 3 is 3.09 bits per heavy atom. The third-order valence-electron chi connectivity index (χ3n) is 4.19. The minimum absolute atomic E-state index is 0.170. The first-order valence-corrected chi connectivity index (χ1v) is 8.45. The van der Waals surface area contributed by atoms with Crippen molar-refractivity contribution in [3.8, 4) is 0 Å². The SMILES string of the molecule is c1cnnc(NC[C@H]2CN(CCOC[C@H]3CCCO3)CCO2)c1. The van der Waals surface area contributed by atoms with Crippen LogP contribution in [0.1, 0.15) is 12.8 Å². The second-order valence-corrected chi connectivity index (χ2v) is 5.99. The quantitative estimate of drug-likeness (QED) is 0.710. The predicted molar refractivity (Wildman–Crippen MR) is 86.5 cm³/mol. The van der Waals surface area contributed by atoms with Crippen molar-refractivity contribution in [1.82, 2.24) is 15.1 Å². The van der Waals surface area contributed by atoms with Crippen LogP contribution in [0.15, 0.2) is 18.3 Å². The molecule has 2 atom stereocenters. The third-order valence-corrected chi connectivity index (χ3v) is 4.19. The Bertz CT molecular complexity index is 442. The summed E-state index contributed by atoms with van der Waals surface area (Å²) in [5, 5.41) is 11.1. The molecule has 1 aromatic rings. The number of hydrogen-bond acceptors (Lipinski definition) is 7. The summed E-state index contributed by atoms with van der Waals surface area (Å²) in [6, 6.07) is 3.78. The number of nitrogens with zero attached hydrogens (tertiary/aromatic N) is 3. The highest BCUT2D eigenvalue weighted by Gasteiger charge is 2.20. The van der Waals surface area contributed by atoms with Crippen LogP contribution in [-0.2, 0) is 14.2 Å². The molecule has 2 saturated heterocycles. The molecular weight excluding hydrogens is 296 g/mol. The van der Waals surface area contributed by atoms with E-state index in [-0.39, 0.29) is 6.10 Å². The molecule has 1 aromatic heterocycles. The van der Waals surface area contributed by atoms with E-state index >= 15 is 0 Å². The van der Waals surface area contributed by atoms with Crippen molar-refractivity contribution in [2.45, 2.75) is 25.0 Å². The molecule has 0 aliphatic carbocycles. The summed E-state index contributed by atoms with van der Waals surface area (Å²) >= 11 is 0. The van der Waals surface area contributed by atoms with Gasteiger partial charge in [-0.3, -0.25) is 4.90 Å². The first-order chi connectivity index (χ1) is 11.4. The van der Waals surface area contributed by atoms with E-state index in [1.165, 1.54) is 0 Å². The number of rotatable bonds is 8. The van der Waals surface area contributed by atoms with Crippen molar-refractivity contribution in [3.63, 3.8) is 0 Å². The Kier molecular flexibility index (Phi) is 6.57. The zero-order valence-corrected chi connectivity index (χ0v) is 13.5. The van der Waals surface area contributed by atoms with Gasteiger partial charge < -0.3 is 19.5 Å². The molecule has 0 radical (unpaired) electrons. The first-order valence-electron chi connectivity index (χ1n) is 8.45. The lowest BCUT2D eigenvalue weighted by Crippen LogP contribution is -2.46. The monoisotopic (exact) mass is 322 g/mol. The van der Waals surface area contributed by atoms with Gasteiger partial charge in [-0.2, -0.15) is 5.10 Å². The van der Waals surface area contributed by atoms with Crippen molar-refractivity contribution < 1.29 is 14.2 Å². The zero-order valence-electron chi connectivity index (χ0n) is 13.5. The molecule has 2 aliphatic rings. The van der Waals surface area contributed by atoms with Crippen LogP contribution in [0.25, 0.3) is 0 Å². The molecule has 2 fully saturated rings. The van der Waals surface area contributed by atoms with Crippen molar-refractivity contribution in [3.05, 3.63) is 18.3 Å². The fourth-order valence-electron chi connectivity index (χ4n) is 2.91. The van der Waals surface area contributed by atoms with E-state index in [4.69, 9.17) is 14.2 Å². The van der Waals surface area contributed by atoms with E-state index in [0.29, 0.717) is 6.10 Å². The van der Waals surface area contributed by atoms with Gasteiger partial charge in [0.15, 0.2) is 0 Å². The normalized spacial score (nSPS) is 25.6. The van der Waals surface area contributed by atoms with E-state index in [2.05, 4.69) is 20.4 Å². The number of morpholine rings is 1. The molecule has 0 amide bonds. The van der Waals surface area contributed by atoms with Crippen LogP contribution in [0.4, 0.5) is 5.82 Å². The third kappa shape index (κ3) is 5.69. The van der Waals surface area contributed by atoms with Crippen LogP contribution < -0.4 is 5.32 Å². The van der Waals surface area contributed by atoms with Crippen molar-refractivity contribution >= 4 is 5.82 Å². The smallest absolute Gasteiger partial charge is 0.148 e. The highest BCUT2D eigenvalue weighted by molar-refractivity contribution is 5.31. The van der Waals surface area contributed by atoms with E-state index in [1.54, 1.807) is 6.20 Å². The molecule has 3 heterocycles.